The van der Waals surface area contributed by atoms with Crippen LogP contribution in [-0.2, 0) is 4.74 Å². The zero-order valence-corrected chi connectivity index (χ0v) is 12.4. The van der Waals surface area contributed by atoms with E-state index in [4.69, 9.17) is 9.47 Å². The second kappa shape index (κ2) is 7.46. The highest BCUT2D eigenvalue weighted by molar-refractivity contribution is 5.37. The van der Waals surface area contributed by atoms with Gasteiger partial charge in [-0.2, -0.15) is 0 Å². The standard InChI is InChI=1S/C15H24FNO2/c1-10(2)13(9-18-4)17-11(3)15-12(16)7-6-8-14(15)19-5/h6-8,10-11,13,17H,9H2,1-5H3. The van der Waals surface area contributed by atoms with E-state index in [0.717, 1.165) is 0 Å². The largest absolute Gasteiger partial charge is 0.496 e. The van der Waals surface area contributed by atoms with E-state index in [0.29, 0.717) is 23.8 Å². The van der Waals surface area contributed by atoms with Crippen LogP contribution in [0.1, 0.15) is 32.4 Å². The van der Waals surface area contributed by atoms with Crippen LogP contribution in [0.2, 0.25) is 0 Å². The smallest absolute Gasteiger partial charge is 0.131 e. The molecule has 0 aliphatic carbocycles. The number of ether oxygens (including phenoxy) is 2. The molecule has 1 aromatic rings. The third kappa shape index (κ3) is 4.18. The molecule has 0 spiro atoms. The van der Waals surface area contributed by atoms with Crippen molar-refractivity contribution in [2.75, 3.05) is 20.8 Å². The number of hydrogen-bond donors (Lipinski definition) is 1. The van der Waals surface area contributed by atoms with Crippen molar-refractivity contribution in [1.29, 1.82) is 0 Å². The molecule has 0 radical (unpaired) electrons. The van der Waals surface area contributed by atoms with E-state index in [1.54, 1.807) is 26.4 Å². The molecule has 0 aliphatic rings. The Morgan fingerprint density at radius 2 is 1.89 bits per heavy atom. The van der Waals surface area contributed by atoms with Crippen LogP contribution in [0.4, 0.5) is 4.39 Å². The van der Waals surface area contributed by atoms with E-state index in [-0.39, 0.29) is 17.9 Å². The lowest BCUT2D eigenvalue weighted by atomic mass is 10.0. The lowest BCUT2D eigenvalue weighted by Gasteiger charge is -2.27. The summed E-state index contributed by atoms with van der Waals surface area (Å²) in [4.78, 5) is 0. The first-order valence-electron chi connectivity index (χ1n) is 6.58. The summed E-state index contributed by atoms with van der Waals surface area (Å²) in [5.74, 6) is 0.722. The van der Waals surface area contributed by atoms with Gasteiger partial charge in [-0.3, -0.25) is 0 Å². The van der Waals surface area contributed by atoms with Gasteiger partial charge in [-0.05, 0) is 25.0 Å². The van der Waals surface area contributed by atoms with Gasteiger partial charge in [0.1, 0.15) is 11.6 Å². The van der Waals surface area contributed by atoms with Crippen LogP contribution >= 0.6 is 0 Å². The molecule has 0 fully saturated rings. The molecule has 1 rings (SSSR count). The number of benzene rings is 1. The molecule has 2 atom stereocenters. The van der Waals surface area contributed by atoms with E-state index in [1.165, 1.54) is 6.07 Å². The molecule has 1 N–H and O–H groups in total. The van der Waals surface area contributed by atoms with E-state index in [1.807, 2.05) is 6.92 Å². The quantitative estimate of drug-likeness (QED) is 0.825. The molecule has 0 saturated carbocycles. The van der Waals surface area contributed by atoms with Gasteiger partial charge >= 0.3 is 0 Å². The molecule has 108 valence electrons. The van der Waals surface area contributed by atoms with Crippen molar-refractivity contribution in [2.24, 2.45) is 5.92 Å². The first kappa shape index (κ1) is 15.9. The lowest BCUT2D eigenvalue weighted by Crippen LogP contribution is -2.39. The van der Waals surface area contributed by atoms with Crippen LogP contribution in [0, 0.1) is 11.7 Å². The molecular formula is C15H24FNO2. The van der Waals surface area contributed by atoms with Gasteiger partial charge in [0.25, 0.3) is 0 Å². The maximum Gasteiger partial charge on any atom is 0.131 e. The summed E-state index contributed by atoms with van der Waals surface area (Å²) in [7, 11) is 3.23. The van der Waals surface area contributed by atoms with E-state index in [2.05, 4.69) is 19.2 Å². The van der Waals surface area contributed by atoms with Gasteiger partial charge in [-0.15, -0.1) is 0 Å². The fourth-order valence-corrected chi connectivity index (χ4v) is 2.13. The van der Waals surface area contributed by atoms with E-state index < -0.39 is 0 Å². The Morgan fingerprint density at radius 3 is 2.42 bits per heavy atom. The summed E-state index contributed by atoms with van der Waals surface area (Å²) in [6.45, 7) is 6.76. The van der Waals surface area contributed by atoms with Gasteiger partial charge in [-0.25, -0.2) is 4.39 Å². The van der Waals surface area contributed by atoms with Crippen LogP contribution in [0.25, 0.3) is 0 Å². The highest BCUT2D eigenvalue weighted by Crippen LogP contribution is 2.28. The summed E-state index contributed by atoms with van der Waals surface area (Å²) in [5, 5.41) is 3.40. The Bertz CT molecular complexity index is 396. The average molecular weight is 269 g/mol. The number of methoxy groups -OCH3 is 2. The first-order valence-corrected chi connectivity index (χ1v) is 6.58. The molecule has 0 bridgehead atoms. The van der Waals surface area contributed by atoms with Crippen molar-refractivity contribution in [3.05, 3.63) is 29.6 Å². The third-order valence-corrected chi connectivity index (χ3v) is 3.28. The van der Waals surface area contributed by atoms with Crippen molar-refractivity contribution < 1.29 is 13.9 Å². The van der Waals surface area contributed by atoms with E-state index in [9.17, 15) is 4.39 Å². The van der Waals surface area contributed by atoms with Gasteiger partial charge < -0.3 is 14.8 Å². The predicted octanol–water partition coefficient (Wildman–Crippen LogP) is 3.16. The van der Waals surface area contributed by atoms with Gasteiger partial charge in [0.2, 0.25) is 0 Å². The Hall–Kier alpha value is -1.13. The highest BCUT2D eigenvalue weighted by atomic mass is 19.1. The summed E-state index contributed by atoms with van der Waals surface area (Å²) < 4.78 is 24.4. The molecule has 2 unspecified atom stereocenters. The molecule has 0 saturated heterocycles. The normalized spacial score (nSPS) is 14.5. The second-order valence-electron chi connectivity index (χ2n) is 5.05. The van der Waals surface area contributed by atoms with Gasteiger partial charge in [-0.1, -0.05) is 19.9 Å². The predicted molar refractivity (Wildman–Crippen MR) is 75.0 cm³/mol. The molecule has 4 heteroatoms. The fraction of sp³-hybridized carbons (Fsp3) is 0.600. The number of rotatable bonds is 7. The Labute approximate surface area is 115 Å². The van der Waals surface area contributed by atoms with Crippen molar-refractivity contribution in [1.82, 2.24) is 5.32 Å². The maximum atomic E-state index is 14.0. The van der Waals surface area contributed by atoms with Crippen molar-refractivity contribution in [3.8, 4) is 5.75 Å². The summed E-state index contributed by atoms with van der Waals surface area (Å²) in [6.07, 6.45) is 0. The second-order valence-corrected chi connectivity index (χ2v) is 5.05. The minimum absolute atomic E-state index is 0.140. The summed E-state index contributed by atoms with van der Waals surface area (Å²) >= 11 is 0. The van der Waals surface area contributed by atoms with Gasteiger partial charge in [0, 0.05) is 24.8 Å². The fourth-order valence-electron chi connectivity index (χ4n) is 2.13. The van der Waals surface area contributed by atoms with Crippen molar-refractivity contribution >= 4 is 0 Å². The minimum atomic E-state index is -0.251. The zero-order chi connectivity index (χ0) is 14.4. The molecule has 0 aliphatic heterocycles. The Kier molecular flexibility index (Phi) is 6.25. The Balaban J connectivity index is 2.90. The molecule has 1 aromatic carbocycles. The van der Waals surface area contributed by atoms with Crippen molar-refractivity contribution in [3.63, 3.8) is 0 Å². The number of hydrogen-bond acceptors (Lipinski definition) is 3. The van der Waals surface area contributed by atoms with Crippen LogP contribution in [0.5, 0.6) is 5.75 Å². The molecule has 0 aromatic heterocycles. The topological polar surface area (TPSA) is 30.5 Å². The lowest BCUT2D eigenvalue weighted by molar-refractivity contribution is 0.141. The number of nitrogens with one attached hydrogen (secondary N) is 1. The first-order chi connectivity index (χ1) is 9.01. The highest BCUT2D eigenvalue weighted by Gasteiger charge is 2.21. The molecule has 19 heavy (non-hydrogen) atoms. The SMILES string of the molecule is COCC(NC(C)c1c(F)cccc1OC)C(C)C. The molecule has 0 heterocycles. The molecular weight excluding hydrogens is 245 g/mol. The molecule has 0 amide bonds. The van der Waals surface area contributed by atoms with Crippen molar-refractivity contribution in [2.45, 2.75) is 32.9 Å². The summed E-state index contributed by atoms with van der Waals surface area (Å²) in [5.41, 5.74) is 0.562. The minimum Gasteiger partial charge on any atom is -0.496 e. The summed E-state index contributed by atoms with van der Waals surface area (Å²) in [6, 6.07) is 4.91. The van der Waals surface area contributed by atoms with Gasteiger partial charge in [0.05, 0.1) is 13.7 Å². The number of halogens is 1. The Morgan fingerprint density at radius 1 is 1.21 bits per heavy atom. The van der Waals surface area contributed by atoms with Gasteiger partial charge in [0.15, 0.2) is 0 Å². The molecule has 3 nitrogen and oxygen atoms in total. The van der Waals surface area contributed by atoms with Crippen LogP contribution in [-0.4, -0.2) is 26.9 Å². The van der Waals surface area contributed by atoms with Crippen LogP contribution < -0.4 is 10.1 Å². The van der Waals surface area contributed by atoms with Crippen LogP contribution in [0.15, 0.2) is 18.2 Å². The average Bonchev–Trinajstić information content (AvgIpc) is 2.37. The van der Waals surface area contributed by atoms with Crippen LogP contribution in [0.3, 0.4) is 0 Å². The third-order valence-electron chi connectivity index (χ3n) is 3.28. The maximum absolute atomic E-state index is 14.0. The van der Waals surface area contributed by atoms with E-state index >= 15 is 0 Å². The monoisotopic (exact) mass is 269 g/mol. The zero-order valence-electron chi connectivity index (χ0n) is 12.4.